The molecule has 0 bridgehead atoms. The number of rotatable bonds is 16. The number of H-pyrrole nitrogens is 1. The Morgan fingerprint density at radius 3 is 1.93 bits per heavy atom. The van der Waals surface area contributed by atoms with Crippen LogP contribution in [0.25, 0.3) is 10.9 Å². The van der Waals surface area contributed by atoms with E-state index in [1.807, 2.05) is 0 Å². The van der Waals surface area contributed by atoms with Crippen molar-refractivity contribution in [2.45, 2.75) is 96.8 Å². The number of Topliss-reactive ketones (excluding diaryl/α,β-unsaturated/α-hetero) is 1. The van der Waals surface area contributed by atoms with Crippen molar-refractivity contribution in [1.82, 2.24) is 4.98 Å². The predicted molar refractivity (Wildman–Crippen MR) is 120 cm³/mol. The molecule has 4 heteroatoms. The third kappa shape index (κ3) is 8.04. The molecule has 2 aromatic rings. The van der Waals surface area contributed by atoms with Crippen molar-refractivity contribution in [3.63, 3.8) is 0 Å². The summed E-state index contributed by atoms with van der Waals surface area (Å²) >= 11 is 0. The van der Waals surface area contributed by atoms with Gasteiger partial charge in [-0.15, -0.1) is 0 Å². The second kappa shape index (κ2) is 13.2. The van der Waals surface area contributed by atoms with Crippen LogP contribution in [-0.2, 0) is 0 Å². The van der Waals surface area contributed by atoms with Crippen molar-refractivity contribution in [2.24, 2.45) is 0 Å². The van der Waals surface area contributed by atoms with Gasteiger partial charge in [-0.05, 0) is 18.6 Å². The highest BCUT2D eigenvalue weighted by molar-refractivity contribution is 6.08. The lowest BCUT2D eigenvalue weighted by Crippen LogP contribution is -1.98. The molecule has 0 radical (unpaired) electrons. The quantitative estimate of drug-likeness (QED) is 0.226. The topological polar surface area (TPSA) is 70.2 Å². The maximum absolute atomic E-state index is 12.5. The number of aromatic nitrogens is 1. The minimum Gasteiger partial charge on any atom is -0.478 e. The normalized spacial score (nSPS) is 11.2. The zero-order chi connectivity index (χ0) is 20.9. The third-order valence-electron chi connectivity index (χ3n) is 5.74. The summed E-state index contributed by atoms with van der Waals surface area (Å²) in [6.07, 6.45) is 19.1. The summed E-state index contributed by atoms with van der Waals surface area (Å²) in [5.74, 6) is -0.816. The molecule has 160 valence electrons. The van der Waals surface area contributed by atoms with Gasteiger partial charge in [-0.25, -0.2) is 4.79 Å². The number of carboxylic acids is 1. The smallest absolute Gasteiger partial charge is 0.335 e. The van der Waals surface area contributed by atoms with Crippen LogP contribution in [0, 0.1) is 0 Å². The molecule has 0 atom stereocenters. The van der Waals surface area contributed by atoms with E-state index < -0.39 is 5.97 Å². The molecule has 0 aliphatic carbocycles. The van der Waals surface area contributed by atoms with E-state index in [0.29, 0.717) is 17.5 Å². The Balaban J connectivity index is 1.55. The number of nitrogens with one attached hydrogen (secondary N) is 1. The minimum atomic E-state index is -0.957. The van der Waals surface area contributed by atoms with Crippen LogP contribution in [0.2, 0.25) is 0 Å². The molecule has 0 saturated carbocycles. The van der Waals surface area contributed by atoms with Gasteiger partial charge in [0.05, 0.1) is 5.56 Å². The third-order valence-corrected chi connectivity index (χ3v) is 5.74. The van der Waals surface area contributed by atoms with Crippen molar-refractivity contribution < 1.29 is 14.7 Å². The summed E-state index contributed by atoms with van der Waals surface area (Å²) in [5.41, 5.74) is 1.62. The van der Waals surface area contributed by atoms with Crippen LogP contribution >= 0.6 is 0 Å². The van der Waals surface area contributed by atoms with Gasteiger partial charge in [0.2, 0.25) is 0 Å². The second-order valence-corrected chi connectivity index (χ2v) is 8.18. The Morgan fingerprint density at radius 1 is 0.828 bits per heavy atom. The number of unbranched alkanes of at least 4 members (excludes halogenated alkanes) is 12. The molecule has 0 saturated heterocycles. The lowest BCUT2D eigenvalue weighted by molar-refractivity contribution is 0.0696. The fourth-order valence-corrected chi connectivity index (χ4v) is 3.93. The molecule has 0 aliphatic heterocycles. The van der Waals surface area contributed by atoms with Crippen LogP contribution in [0.15, 0.2) is 24.4 Å². The highest BCUT2D eigenvalue weighted by atomic mass is 16.4. The Kier molecular flexibility index (Phi) is 10.5. The predicted octanol–water partition coefficient (Wildman–Crippen LogP) is 7.53. The molecule has 29 heavy (non-hydrogen) atoms. The molecule has 0 spiro atoms. The van der Waals surface area contributed by atoms with Crippen molar-refractivity contribution in [3.05, 3.63) is 35.5 Å². The number of benzene rings is 1. The number of aromatic amines is 1. The standard InChI is InChI=1S/C25H37NO3/c1-2-3-4-5-6-7-8-9-10-11-12-13-14-15-24(27)22-19-26-23-18-20(25(28)29)16-17-21(22)23/h16-19,26H,2-15H2,1H3,(H,28,29). The molecule has 1 aromatic carbocycles. The SMILES string of the molecule is CCCCCCCCCCCCCCCC(=O)c1c[nH]c2cc(C(=O)O)ccc12. The van der Waals surface area contributed by atoms with E-state index >= 15 is 0 Å². The van der Waals surface area contributed by atoms with Crippen LogP contribution < -0.4 is 0 Å². The number of aromatic carboxylic acids is 1. The molecule has 2 N–H and O–H groups in total. The molecular formula is C25H37NO3. The fourth-order valence-electron chi connectivity index (χ4n) is 3.93. The minimum absolute atomic E-state index is 0.141. The van der Waals surface area contributed by atoms with Crippen molar-refractivity contribution in [3.8, 4) is 0 Å². The summed E-state index contributed by atoms with van der Waals surface area (Å²) < 4.78 is 0. The summed E-state index contributed by atoms with van der Waals surface area (Å²) in [6, 6.07) is 4.87. The van der Waals surface area contributed by atoms with Crippen LogP contribution in [0.4, 0.5) is 0 Å². The Bertz CT molecular complexity index is 763. The van der Waals surface area contributed by atoms with Crippen LogP contribution in [-0.4, -0.2) is 21.8 Å². The maximum Gasteiger partial charge on any atom is 0.335 e. The highest BCUT2D eigenvalue weighted by Crippen LogP contribution is 2.22. The van der Waals surface area contributed by atoms with Gasteiger partial charge in [0, 0.05) is 29.1 Å². The Labute approximate surface area is 175 Å². The van der Waals surface area contributed by atoms with Gasteiger partial charge >= 0.3 is 5.97 Å². The molecule has 0 amide bonds. The number of carbonyl (C=O) groups is 2. The lowest BCUT2D eigenvalue weighted by Gasteiger charge is -2.03. The number of carboxylic acid groups (broad SMARTS) is 1. The van der Waals surface area contributed by atoms with Gasteiger partial charge in [0.1, 0.15) is 0 Å². The zero-order valence-electron chi connectivity index (χ0n) is 18.0. The monoisotopic (exact) mass is 399 g/mol. The lowest BCUT2D eigenvalue weighted by atomic mass is 10.0. The molecular weight excluding hydrogens is 362 g/mol. The van der Waals surface area contributed by atoms with E-state index in [1.165, 1.54) is 70.6 Å². The van der Waals surface area contributed by atoms with Crippen molar-refractivity contribution >= 4 is 22.7 Å². The first-order chi connectivity index (χ1) is 14.1. The van der Waals surface area contributed by atoms with E-state index in [-0.39, 0.29) is 11.3 Å². The van der Waals surface area contributed by atoms with Gasteiger partial charge < -0.3 is 10.1 Å². The number of hydrogen-bond acceptors (Lipinski definition) is 2. The first-order valence-corrected chi connectivity index (χ1v) is 11.5. The van der Waals surface area contributed by atoms with Gasteiger partial charge in [-0.1, -0.05) is 90.0 Å². The van der Waals surface area contributed by atoms with Crippen LogP contribution in [0.5, 0.6) is 0 Å². The van der Waals surface area contributed by atoms with E-state index in [2.05, 4.69) is 11.9 Å². The summed E-state index contributed by atoms with van der Waals surface area (Å²) in [6.45, 7) is 2.26. The zero-order valence-corrected chi connectivity index (χ0v) is 18.0. The number of ketones is 1. The van der Waals surface area contributed by atoms with Gasteiger partial charge in [0.15, 0.2) is 5.78 Å². The molecule has 4 nitrogen and oxygen atoms in total. The van der Waals surface area contributed by atoms with Crippen molar-refractivity contribution in [2.75, 3.05) is 0 Å². The second-order valence-electron chi connectivity index (χ2n) is 8.18. The molecule has 1 heterocycles. The number of hydrogen-bond donors (Lipinski definition) is 2. The molecule has 1 aromatic heterocycles. The van der Waals surface area contributed by atoms with E-state index in [0.717, 1.165) is 18.2 Å². The average Bonchev–Trinajstić information content (AvgIpc) is 3.14. The van der Waals surface area contributed by atoms with E-state index in [1.54, 1.807) is 24.4 Å². The Morgan fingerprint density at radius 2 is 1.38 bits per heavy atom. The average molecular weight is 400 g/mol. The van der Waals surface area contributed by atoms with Crippen LogP contribution in [0.3, 0.4) is 0 Å². The Hall–Kier alpha value is -2.10. The molecule has 0 unspecified atom stereocenters. The molecule has 2 rings (SSSR count). The molecule has 0 fully saturated rings. The first-order valence-electron chi connectivity index (χ1n) is 11.5. The van der Waals surface area contributed by atoms with Crippen LogP contribution in [0.1, 0.15) is 118 Å². The molecule has 0 aliphatic rings. The van der Waals surface area contributed by atoms with E-state index in [9.17, 15) is 9.59 Å². The first kappa shape index (κ1) is 23.2. The summed E-state index contributed by atoms with van der Waals surface area (Å²) in [5, 5.41) is 9.88. The summed E-state index contributed by atoms with van der Waals surface area (Å²) in [4.78, 5) is 26.6. The van der Waals surface area contributed by atoms with Crippen molar-refractivity contribution in [1.29, 1.82) is 0 Å². The number of fused-ring (bicyclic) bond motifs is 1. The fraction of sp³-hybridized carbons (Fsp3) is 0.600. The van der Waals surface area contributed by atoms with Gasteiger partial charge in [0.25, 0.3) is 0 Å². The van der Waals surface area contributed by atoms with Gasteiger partial charge in [-0.3, -0.25) is 4.79 Å². The summed E-state index contributed by atoms with van der Waals surface area (Å²) in [7, 11) is 0. The maximum atomic E-state index is 12.5. The van der Waals surface area contributed by atoms with E-state index in [4.69, 9.17) is 5.11 Å². The largest absolute Gasteiger partial charge is 0.478 e. The van der Waals surface area contributed by atoms with Gasteiger partial charge in [-0.2, -0.15) is 0 Å². The highest BCUT2D eigenvalue weighted by Gasteiger charge is 2.13. The number of carbonyl (C=O) groups excluding carboxylic acids is 1.